The molecule has 3 amide bonds. The average Bonchev–Trinajstić information content (AvgIpc) is 2.93. The number of hydrogen-bond acceptors (Lipinski definition) is 3. The van der Waals surface area contributed by atoms with Crippen molar-refractivity contribution in [3.05, 3.63) is 22.6 Å². The van der Waals surface area contributed by atoms with E-state index in [1.54, 1.807) is 22.9 Å². The number of carbonyl (C=O) groups is 2. The summed E-state index contributed by atoms with van der Waals surface area (Å²) in [5.74, 6) is -0.0668. The van der Waals surface area contributed by atoms with Crippen LogP contribution in [0.3, 0.4) is 0 Å². The number of hydrogen-bond donors (Lipinski definition) is 1. The van der Waals surface area contributed by atoms with Crippen molar-refractivity contribution in [1.82, 2.24) is 15.1 Å². The first-order chi connectivity index (χ1) is 9.08. The van der Waals surface area contributed by atoms with Gasteiger partial charge in [0.25, 0.3) is 5.91 Å². The summed E-state index contributed by atoms with van der Waals surface area (Å²) >= 11 is 3.22. The molecule has 2 saturated heterocycles. The number of fused-ring (bicyclic) bond motifs is 1. The Balaban J connectivity index is 1.74. The topological polar surface area (TPSA) is 65.8 Å². The summed E-state index contributed by atoms with van der Waals surface area (Å²) in [4.78, 5) is 27.4. The Morgan fingerprint density at radius 3 is 3.05 bits per heavy atom. The lowest BCUT2D eigenvalue weighted by molar-refractivity contribution is 0.0664. The summed E-state index contributed by atoms with van der Waals surface area (Å²) in [6.45, 7) is 1.19. The average molecular weight is 328 g/mol. The van der Waals surface area contributed by atoms with Crippen LogP contribution in [-0.4, -0.2) is 54.0 Å². The van der Waals surface area contributed by atoms with Gasteiger partial charge in [0, 0.05) is 20.1 Å². The molecule has 0 bridgehead atoms. The highest BCUT2D eigenvalue weighted by molar-refractivity contribution is 9.10. The minimum atomic E-state index is -0.0668. The molecule has 2 atom stereocenters. The minimum Gasteiger partial charge on any atom is -0.457 e. The van der Waals surface area contributed by atoms with Crippen molar-refractivity contribution in [2.45, 2.75) is 18.5 Å². The summed E-state index contributed by atoms with van der Waals surface area (Å²) in [6, 6.07) is 1.79. The Labute approximate surface area is 118 Å². The highest BCUT2D eigenvalue weighted by Gasteiger charge is 2.42. The molecule has 102 valence electrons. The fourth-order valence-corrected chi connectivity index (χ4v) is 3.17. The minimum absolute atomic E-state index is 0.0147. The second-order valence-corrected chi connectivity index (χ2v) is 5.60. The molecule has 2 fully saturated rings. The van der Waals surface area contributed by atoms with Gasteiger partial charge in [-0.05, 0) is 28.4 Å². The van der Waals surface area contributed by atoms with E-state index in [2.05, 4.69) is 21.2 Å². The van der Waals surface area contributed by atoms with E-state index in [0.717, 1.165) is 6.42 Å². The van der Waals surface area contributed by atoms with Gasteiger partial charge in [0.1, 0.15) is 0 Å². The Morgan fingerprint density at radius 1 is 1.58 bits per heavy atom. The van der Waals surface area contributed by atoms with E-state index in [-0.39, 0.29) is 24.0 Å². The summed E-state index contributed by atoms with van der Waals surface area (Å²) < 4.78 is 5.54. The molecule has 1 aromatic heterocycles. The number of nitrogens with one attached hydrogen (secondary N) is 1. The number of amides is 3. The SMILES string of the molecule is CN1C(=O)N[C@@H]2CN(C(=O)c3ccoc3Br)CC[C@@H]21. The van der Waals surface area contributed by atoms with Crippen molar-refractivity contribution < 1.29 is 14.0 Å². The van der Waals surface area contributed by atoms with Crippen LogP contribution >= 0.6 is 15.9 Å². The van der Waals surface area contributed by atoms with Crippen LogP contribution < -0.4 is 5.32 Å². The third kappa shape index (κ3) is 2.01. The van der Waals surface area contributed by atoms with E-state index in [1.807, 2.05) is 0 Å². The molecule has 0 spiro atoms. The number of piperidine rings is 1. The third-order valence-electron chi connectivity index (χ3n) is 3.84. The van der Waals surface area contributed by atoms with E-state index < -0.39 is 0 Å². The summed E-state index contributed by atoms with van der Waals surface area (Å²) in [5.41, 5.74) is 0.524. The van der Waals surface area contributed by atoms with E-state index in [4.69, 9.17) is 4.42 Å². The van der Waals surface area contributed by atoms with Crippen LogP contribution in [-0.2, 0) is 0 Å². The van der Waals surface area contributed by atoms with Crippen LogP contribution in [0, 0.1) is 0 Å². The van der Waals surface area contributed by atoms with Crippen molar-refractivity contribution >= 4 is 27.9 Å². The summed E-state index contributed by atoms with van der Waals surface area (Å²) in [5, 5.41) is 2.91. The molecule has 2 aliphatic heterocycles. The van der Waals surface area contributed by atoms with Crippen molar-refractivity contribution in [1.29, 1.82) is 0 Å². The molecule has 0 radical (unpaired) electrons. The van der Waals surface area contributed by atoms with Gasteiger partial charge in [-0.15, -0.1) is 0 Å². The Kier molecular flexibility index (Phi) is 3.00. The molecule has 2 aliphatic rings. The fraction of sp³-hybridized carbons (Fsp3) is 0.500. The zero-order valence-electron chi connectivity index (χ0n) is 10.4. The lowest BCUT2D eigenvalue weighted by Gasteiger charge is -2.35. The molecule has 19 heavy (non-hydrogen) atoms. The largest absolute Gasteiger partial charge is 0.457 e. The van der Waals surface area contributed by atoms with Crippen molar-refractivity contribution in [3.8, 4) is 0 Å². The van der Waals surface area contributed by atoms with Gasteiger partial charge in [-0.25, -0.2) is 4.79 Å². The third-order valence-corrected chi connectivity index (χ3v) is 4.45. The Hall–Kier alpha value is -1.50. The molecule has 3 heterocycles. The predicted molar refractivity (Wildman–Crippen MR) is 70.8 cm³/mol. The molecule has 0 aliphatic carbocycles. The maximum Gasteiger partial charge on any atom is 0.317 e. The second kappa shape index (κ2) is 4.56. The van der Waals surface area contributed by atoms with Crippen LogP contribution in [0.1, 0.15) is 16.8 Å². The van der Waals surface area contributed by atoms with Gasteiger partial charge >= 0.3 is 6.03 Å². The van der Waals surface area contributed by atoms with Gasteiger partial charge in [0.15, 0.2) is 4.67 Å². The van der Waals surface area contributed by atoms with Gasteiger partial charge in [-0.3, -0.25) is 4.79 Å². The number of halogens is 1. The zero-order valence-corrected chi connectivity index (χ0v) is 12.0. The number of likely N-dealkylation sites (tertiary alicyclic amines) is 1. The molecular formula is C12H14BrN3O3. The highest BCUT2D eigenvalue weighted by atomic mass is 79.9. The lowest BCUT2D eigenvalue weighted by Crippen LogP contribution is -2.52. The first kappa shape index (κ1) is 12.5. The van der Waals surface area contributed by atoms with E-state index in [1.165, 1.54) is 6.26 Å². The van der Waals surface area contributed by atoms with E-state index in [0.29, 0.717) is 23.3 Å². The zero-order chi connectivity index (χ0) is 13.6. The molecule has 0 saturated carbocycles. The molecule has 3 rings (SSSR count). The van der Waals surface area contributed by atoms with Gasteiger partial charge in [0.05, 0.1) is 23.9 Å². The molecule has 0 aromatic carbocycles. The van der Waals surface area contributed by atoms with Crippen LogP contribution in [0.15, 0.2) is 21.4 Å². The van der Waals surface area contributed by atoms with Crippen molar-refractivity contribution in [2.24, 2.45) is 0 Å². The van der Waals surface area contributed by atoms with Crippen LogP contribution in [0.5, 0.6) is 0 Å². The number of likely N-dealkylation sites (N-methyl/N-ethyl adjacent to an activating group) is 1. The first-order valence-corrected chi connectivity index (χ1v) is 6.93. The molecule has 1 N–H and O–H groups in total. The van der Waals surface area contributed by atoms with Gasteiger partial charge < -0.3 is 19.5 Å². The fourth-order valence-electron chi connectivity index (χ4n) is 2.76. The number of carbonyl (C=O) groups excluding carboxylic acids is 2. The highest BCUT2D eigenvalue weighted by Crippen LogP contribution is 2.25. The number of nitrogens with zero attached hydrogens (tertiary/aromatic N) is 2. The Bertz CT molecular complexity index is 530. The molecule has 7 heteroatoms. The normalized spacial score (nSPS) is 26.3. The monoisotopic (exact) mass is 327 g/mol. The van der Waals surface area contributed by atoms with Gasteiger partial charge in [0.2, 0.25) is 0 Å². The van der Waals surface area contributed by atoms with Crippen molar-refractivity contribution in [2.75, 3.05) is 20.1 Å². The van der Waals surface area contributed by atoms with Crippen LogP contribution in [0.2, 0.25) is 0 Å². The van der Waals surface area contributed by atoms with Crippen LogP contribution in [0.4, 0.5) is 4.79 Å². The molecule has 6 nitrogen and oxygen atoms in total. The first-order valence-electron chi connectivity index (χ1n) is 6.13. The maximum absolute atomic E-state index is 12.3. The lowest BCUT2D eigenvalue weighted by atomic mass is 10.00. The van der Waals surface area contributed by atoms with Crippen molar-refractivity contribution in [3.63, 3.8) is 0 Å². The summed E-state index contributed by atoms with van der Waals surface area (Å²) in [7, 11) is 1.80. The predicted octanol–water partition coefficient (Wildman–Crippen LogP) is 1.28. The van der Waals surface area contributed by atoms with Gasteiger partial charge in [-0.1, -0.05) is 0 Å². The Morgan fingerprint density at radius 2 is 2.37 bits per heavy atom. The molecule has 0 unspecified atom stereocenters. The number of urea groups is 1. The van der Waals surface area contributed by atoms with Crippen LogP contribution in [0.25, 0.3) is 0 Å². The second-order valence-electron chi connectivity index (χ2n) is 4.88. The summed E-state index contributed by atoms with van der Waals surface area (Å²) in [6.07, 6.45) is 2.27. The number of rotatable bonds is 1. The standard InChI is InChI=1S/C12H14BrN3O3/c1-15-9-2-4-16(6-8(9)14-12(15)18)11(17)7-3-5-19-10(7)13/h3,5,8-9H,2,4,6H2,1H3,(H,14,18)/t8-,9+/m1/s1. The molecule has 1 aromatic rings. The quantitative estimate of drug-likeness (QED) is 0.845. The molecular weight excluding hydrogens is 314 g/mol. The maximum atomic E-state index is 12.3. The van der Waals surface area contributed by atoms with E-state index in [9.17, 15) is 9.59 Å². The van der Waals surface area contributed by atoms with Gasteiger partial charge in [-0.2, -0.15) is 0 Å². The number of furan rings is 1. The van der Waals surface area contributed by atoms with E-state index >= 15 is 0 Å². The smallest absolute Gasteiger partial charge is 0.317 e.